The lowest BCUT2D eigenvalue weighted by atomic mass is 10.1. The van der Waals surface area contributed by atoms with Crippen molar-refractivity contribution in [3.8, 4) is 0 Å². The van der Waals surface area contributed by atoms with Crippen LogP contribution in [0.15, 0.2) is 42.5 Å². The monoisotopic (exact) mass is 326 g/mol. The number of aliphatic hydroxyl groups is 1. The van der Waals surface area contributed by atoms with Gasteiger partial charge in [-0.1, -0.05) is 35.3 Å². The number of non-ortho nitro benzene ring substituents is 1. The second-order valence-corrected chi connectivity index (χ2v) is 5.21. The summed E-state index contributed by atoms with van der Waals surface area (Å²) in [5.74, 6) is 0. The number of hydrogen-bond donors (Lipinski definition) is 2. The normalized spacial score (nSPS) is 12.0. The number of nitrogens with one attached hydrogen (secondary N) is 1. The average Bonchev–Trinajstić information content (AvgIpc) is 2.46. The van der Waals surface area contributed by atoms with Crippen LogP contribution in [0.25, 0.3) is 0 Å². The minimum absolute atomic E-state index is 0.0798. The Hall–Kier alpha value is -1.82. The summed E-state index contributed by atoms with van der Waals surface area (Å²) in [5.41, 5.74) is 1.16. The summed E-state index contributed by atoms with van der Waals surface area (Å²) in [6, 6.07) is 11.0. The van der Waals surface area contributed by atoms with Gasteiger partial charge in [-0.25, -0.2) is 0 Å². The highest BCUT2D eigenvalue weighted by Gasteiger charge is 2.11. The summed E-state index contributed by atoms with van der Waals surface area (Å²) < 4.78 is 0. The number of hydrogen-bond acceptors (Lipinski definition) is 4. The van der Waals surface area contributed by atoms with E-state index in [2.05, 4.69) is 5.32 Å². The number of aliphatic hydroxyl groups excluding tert-OH is 1. The molecule has 2 aromatic carbocycles. The summed E-state index contributed by atoms with van der Waals surface area (Å²) in [7, 11) is 0. The topological polar surface area (TPSA) is 75.4 Å². The lowest BCUT2D eigenvalue weighted by Crippen LogP contribution is -2.12. The lowest BCUT2D eigenvalue weighted by molar-refractivity contribution is -0.384. The molecule has 7 heteroatoms. The second-order valence-electron chi connectivity index (χ2n) is 4.37. The number of halogens is 2. The zero-order valence-corrected chi connectivity index (χ0v) is 12.3. The van der Waals surface area contributed by atoms with Crippen molar-refractivity contribution < 1.29 is 10.0 Å². The molecule has 0 aromatic heterocycles. The van der Waals surface area contributed by atoms with E-state index >= 15 is 0 Å². The van der Waals surface area contributed by atoms with Crippen molar-refractivity contribution in [2.24, 2.45) is 0 Å². The van der Waals surface area contributed by atoms with Gasteiger partial charge in [-0.2, -0.15) is 0 Å². The molecule has 0 fully saturated rings. The largest absolute Gasteiger partial charge is 0.387 e. The molecule has 2 N–H and O–H groups in total. The van der Waals surface area contributed by atoms with E-state index in [1.54, 1.807) is 24.3 Å². The molecule has 1 atom stereocenters. The van der Waals surface area contributed by atoms with Crippen LogP contribution in [-0.2, 0) is 0 Å². The van der Waals surface area contributed by atoms with Gasteiger partial charge in [0.15, 0.2) is 0 Å². The van der Waals surface area contributed by atoms with Crippen molar-refractivity contribution >= 4 is 34.6 Å². The first-order valence-electron chi connectivity index (χ1n) is 6.08. The van der Waals surface area contributed by atoms with Gasteiger partial charge < -0.3 is 10.4 Å². The van der Waals surface area contributed by atoms with Crippen molar-refractivity contribution in [2.45, 2.75) is 6.10 Å². The van der Waals surface area contributed by atoms with Gasteiger partial charge in [0, 0.05) is 23.7 Å². The maximum Gasteiger partial charge on any atom is 0.271 e. The van der Waals surface area contributed by atoms with Crippen molar-refractivity contribution in [3.05, 3.63) is 68.2 Å². The molecule has 110 valence electrons. The SMILES string of the molecule is O=[N+]([O-])c1ccc(NCC(O)c2ccc(Cl)cc2)c(Cl)c1. The summed E-state index contributed by atoms with van der Waals surface area (Å²) >= 11 is 11.7. The van der Waals surface area contributed by atoms with Gasteiger partial charge in [-0.3, -0.25) is 10.1 Å². The number of nitro groups is 1. The summed E-state index contributed by atoms with van der Waals surface area (Å²) in [5, 5.41) is 24.4. The van der Waals surface area contributed by atoms with E-state index in [0.29, 0.717) is 16.3 Å². The van der Waals surface area contributed by atoms with Crippen molar-refractivity contribution in [1.29, 1.82) is 0 Å². The zero-order valence-electron chi connectivity index (χ0n) is 10.8. The minimum atomic E-state index is -0.742. The smallest absolute Gasteiger partial charge is 0.271 e. The third kappa shape index (κ3) is 4.07. The summed E-state index contributed by atoms with van der Waals surface area (Å²) in [4.78, 5) is 10.1. The predicted molar refractivity (Wildman–Crippen MR) is 83.0 cm³/mol. The molecule has 0 aliphatic carbocycles. The Labute approximate surface area is 131 Å². The van der Waals surface area contributed by atoms with Gasteiger partial charge in [0.25, 0.3) is 5.69 Å². The molecule has 21 heavy (non-hydrogen) atoms. The first-order valence-corrected chi connectivity index (χ1v) is 6.84. The molecule has 2 rings (SSSR count). The molecule has 0 amide bonds. The summed E-state index contributed by atoms with van der Waals surface area (Å²) in [6.07, 6.45) is -0.742. The van der Waals surface area contributed by atoms with Crippen molar-refractivity contribution in [3.63, 3.8) is 0 Å². The van der Waals surface area contributed by atoms with Crippen LogP contribution >= 0.6 is 23.2 Å². The van der Waals surface area contributed by atoms with E-state index in [0.717, 1.165) is 0 Å². The van der Waals surface area contributed by atoms with Gasteiger partial charge in [0.05, 0.1) is 21.7 Å². The predicted octanol–water partition coefficient (Wildman–Crippen LogP) is 4.05. The number of anilines is 1. The fraction of sp³-hybridized carbons (Fsp3) is 0.143. The van der Waals surface area contributed by atoms with E-state index in [1.165, 1.54) is 18.2 Å². The highest BCUT2D eigenvalue weighted by Crippen LogP contribution is 2.27. The fourth-order valence-electron chi connectivity index (χ4n) is 1.77. The van der Waals surface area contributed by atoms with Crippen LogP contribution in [0.2, 0.25) is 10.0 Å². The van der Waals surface area contributed by atoms with Crippen LogP contribution in [0.1, 0.15) is 11.7 Å². The maximum atomic E-state index is 10.6. The molecule has 2 aromatic rings. The molecule has 5 nitrogen and oxygen atoms in total. The third-order valence-electron chi connectivity index (χ3n) is 2.90. The quantitative estimate of drug-likeness (QED) is 0.642. The number of nitrogens with zero attached hydrogens (tertiary/aromatic N) is 1. The van der Waals surface area contributed by atoms with Crippen molar-refractivity contribution in [1.82, 2.24) is 0 Å². The van der Waals surface area contributed by atoms with Gasteiger partial charge >= 0.3 is 0 Å². The Morgan fingerprint density at radius 1 is 1.19 bits per heavy atom. The van der Waals surface area contributed by atoms with Crippen LogP contribution in [-0.4, -0.2) is 16.6 Å². The average molecular weight is 327 g/mol. The van der Waals surface area contributed by atoms with E-state index in [4.69, 9.17) is 23.2 Å². The van der Waals surface area contributed by atoms with Crippen LogP contribution < -0.4 is 5.32 Å². The Balaban J connectivity index is 2.02. The number of rotatable bonds is 5. The van der Waals surface area contributed by atoms with Gasteiger partial charge in [-0.15, -0.1) is 0 Å². The van der Waals surface area contributed by atoms with Gasteiger partial charge in [-0.05, 0) is 23.8 Å². The van der Waals surface area contributed by atoms with Gasteiger partial charge in [0.1, 0.15) is 0 Å². The molecule has 1 unspecified atom stereocenters. The maximum absolute atomic E-state index is 10.6. The Morgan fingerprint density at radius 2 is 1.86 bits per heavy atom. The first-order chi connectivity index (χ1) is 9.97. The third-order valence-corrected chi connectivity index (χ3v) is 3.47. The van der Waals surface area contributed by atoms with Crippen LogP contribution in [0, 0.1) is 10.1 Å². The molecule has 0 radical (unpaired) electrons. The Morgan fingerprint density at radius 3 is 2.43 bits per heavy atom. The standard InChI is InChI=1S/C14H12Cl2N2O3/c15-10-3-1-9(2-4-10)14(19)8-17-13-6-5-11(18(20)21)7-12(13)16/h1-7,14,17,19H,8H2. The van der Waals surface area contributed by atoms with Gasteiger partial charge in [0.2, 0.25) is 0 Å². The first kappa shape index (κ1) is 15.6. The Kier molecular flexibility index (Phi) is 5.01. The molecular formula is C14H12Cl2N2O3. The molecule has 0 aliphatic rings. The molecule has 0 saturated heterocycles. The molecule has 0 spiro atoms. The van der Waals surface area contributed by atoms with Crippen molar-refractivity contribution in [2.75, 3.05) is 11.9 Å². The highest BCUT2D eigenvalue weighted by atomic mass is 35.5. The molecule has 0 aliphatic heterocycles. The molecule has 0 heterocycles. The molecule has 0 saturated carbocycles. The Bertz CT molecular complexity index is 647. The molecule has 0 bridgehead atoms. The highest BCUT2D eigenvalue weighted by molar-refractivity contribution is 6.33. The summed E-state index contributed by atoms with van der Waals surface area (Å²) in [6.45, 7) is 0.221. The second kappa shape index (κ2) is 6.76. The minimum Gasteiger partial charge on any atom is -0.387 e. The van der Waals surface area contributed by atoms with Crippen LogP contribution in [0.3, 0.4) is 0 Å². The van der Waals surface area contributed by atoms with Crippen LogP contribution in [0.4, 0.5) is 11.4 Å². The zero-order chi connectivity index (χ0) is 15.4. The fourth-order valence-corrected chi connectivity index (χ4v) is 2.14. The number of nitro benzene ring substituents is 1. The van der Waals surface area contributed by atoms with E-state index < -0.39 is 11.0 Å². The van der Waals surface area contributed by atoms with E-state index in [9.17, 15) is 15.2 Å². The number of benzene rings is 2. The lowest BCUT2D eigenvalue weighted by Gasteiger charge is -2.14. The van der Waals surface area contributed by atoms with E-state index in [1.807, 2.05) is 0 Å². The molecular weight excluding hydrogens is 315 g/mol. The van der Waals surface area contributed by atoms with E-state index in [-0.39, 0.29) is 17.3 Å². The van der Waals surface area contributed by atoms with Crippen LogP contribution in [0.5, 0.6) is 0 Å².